The lowest BCUT2D eigenvalue weighted by atomic mass is 10.1. The molecule has 0 spiro atoms. The molecule has 7 nitrogen and oxygen atoms in total. The van der Waals surface area contributed by atoms with Gasteiger partial charge in [0.25, 0.3) is 0 Å². The van der Waals surface area contributed by atoms with E-state index in [1.165, 1.54) is 96.3 Å². The number of aliphatic carboxylic acids is 1. The van der Waals surface area contributed by atoms with Crippen LogP contribution in [-0.4, -0.2) is 41.6 Å². The van der Waals surface area contributed by atoms with Crippen molar-refractivity contribution in [2.24, 2.45) is 5.73 Å². The first-order valence-corrected chi connectivity index (χ1v) is 23.1. The van der Waals surface area contributed by atoms with Crippen molar-refractivity contribution in [1.29, 1.82) is 0 Å². The highest BCUT2D eigenvalue weighted by Crippen LogP contribution is 2.16. The molecule has 0 saturated carbocycles. The molecule has 4 N–H and O–H groups in total. The molecule has 0 saturated heterocycles. The standard InChI is InChI=1S/C49H86N2O5/c1-3-5-7-9-11-13-15-16-17-18-19-20-21-22-24-26-28-33-37-43-48(53)56-45(39-34-30-27-25-23-14-12-10-8-6-4-2)40-35-31-29-32-36-42-47(52)51-46(49(54)55)41-38-44-50/h11-14,16-17,25,27,34,39,45-46H,3-10,15,18-24,26,28-33,35-38,40-44,50H2,1-2H3,(H,51,52)(H,54,55)/b13-11-,14-12-,17-16-,27-25-,39-34-. The second-order valence-corrected chi connectivity index (χ2v) is 15.5. The molecular weight excluding hydrogens is 697 g/mol. The molecule has 0 aliphatic carbocycles. The van der Waals surface area contributed by atoms with Gasteiger partial charge in [-0.15, -0.1) is 0 Å². The molecular formula is C49H86N2O5. The predicted octanol–water partition coefficient (Wildman–Crippen LogP) is 13.3. The minimum atomic E-state index is -1.01. The molecule has 1 amide bonds. The number of carbonyl (C=O) groups excluding carboxylic acids is 2. The molecule has 0 radical (unpaired) electrons. The number of hydrogen-bond donors (Lipinski definition) is 3. The molecule has 0 fully saturated rings. The van der Waals surface area contributed by atoms with Gasteiger partial charge in [-0.1, -0.05) is 158 Å². The van der Waals surface area contributed by atoms with E-state index in [4.69, 9.17) is 10.5 Å². The van der Waals surface area contributed by atoms with Crippen LogP contribution in [0.2, 0.25) is 0 Å². The van der Waals surface area contributed by atoms with Crippen LogP contribution in [0.4, 0.5) is 0 Å². The third-order valence-corrected chi connectivity index (χ3v) is 10.0. The number of esters is 1. The number of nitrogens with one attached hydrogen (secondary N) is 1. The van der Waals surface area contributed by atoms with Crippen LogP contribution in [-0.2, 0) is 19.1 Å². The normalized spacial score (nSPS) is 13.2. The lowest BCUT2D eigenvalue weighted by Gasteiger charge is -2.15. The number of carbonyl (C=O) groups is 3. The molecule has 0 rings (SSSR count). The van der Waals surface area contributed by atoms with Gasteiger partial charge in [0.15, 0.2) is 0 Å². The van der Waals surface area contributed by atoms with Gasteiger partial charge in [-0.2, -0.15) is 0 Å². The highest BCUT2D eigenvalue weighted by atomic mass is 16.5. The number of unbranched alkanes of at least 4 members (excludes halogenated alkanes) is 19. The Morgan fingerprint density at radius 2 is 0.982 bits per heavy atom. The summed E-state index contributed by atoms with van der Waals surface area (Å²) in [5.74, 6) is -1.33. The maximum absolute atomic E-state index is 12.8. The van der Waals surface area contributed by atoms with E-state index < -0.39 is 12.0 Å². The van der Waals surface area contributed by atoms with Crippen LogP contribution >= 0.6 is 0 Å². The zero-order valence-electron chi connectivity index (χ0n) is 36.2. The molecule has 56 heavy (non-hydrogen) atoms. The number of carboxylic acids is 1. The van der Waals surface area contributed by atoms with E-state index in [9.17, 15) is 19.5 Å². The molecule has 7 heteroatoms. The molecule has 2 atom stereocenters. The lowest BCUT2D eigenvalue weighted by molar-refractivity contribution is -0.147. The summed E-state index contributed by atoms with van der Waals surface area (Å²) in [4.78, 5) is 36.4. The number of ether oxygens (including phenoxy) is 1. The van der Waals surface area contributed by atoms with Crippen LogP contribution in [0.3, 0.4) is 0 Å². The average Bonchev–Trinajstić information content (AvgIpc) is 3.18. The van der Waals surface area contributed by atoms with Crippen LogP contribution in [0.15, 0.2) is 60.8 Å². The number of carboxylic acid groups (broad SMARTS) is 1. The van der Waals surface area contributed by atoms with Gasteiger partial charge in [0.1, 0.15) is 12.1 Å². The zero-order valence-corrected chi connectivity index (χ0v) is 36.2. The second-order valence-electron chi connectivity index (χ2n) is 15.5. The third kappa shape index (κ3) is 39.3. The summed E-state index contributed by atoms with van der Waals surface area (Å²) < 4.78 is 5.94. The molecule has 322 valence electrons. The second kappa shape index (κ2) is 43.2. The van der Waals surface area contributed by atoms with Crippen LogP contribution in [0, 0.1) is 0 Å². The van der Waals surface area contributed by atoms with Gasteiger partial charge in [0, 0.05) is 12.8 Å². The minimum absolute atomic E-state index is 0.0995. The van der Waals surface area contributed by atoms with Gasteiger partial charge >= 0.3 is 11.9 Å². The quantitative estimate of drug-likeness (QED) is 0.0323. The van der Waals surface area contributed by atoms with E-state index in [-0.39, 0.29) is 18.0 Å². The SMILES string of the molecule is CCCCC/C=C\C/C=C\C/C=C\C(CCCCCCCC(=O)NC(CCCN)C(=O)O)OC(=O)CCCCCCCCCCC/C=C\C/C=C\CCCCC. The maximum Gasteiger partial charge on any atom is 0.326 e. The van der Waals surface area contributed by atoms with Crippen molar-refractivity contribution in [2.45, 2.75) is 225 Å². The van der Waals surface area contributed by atoms with E-state index in [0.29, 0.717) is 32.2 Å². The summed E-state index contributed by atoms with van der Waals surface area (Å²) in [5.41, 5.74) is 5.48. The topological polar surface area (TPSA) is 119 Å². The Kier molecular flexibility index (Phi) is 40.9. The van der Waals surface area contributed by atoms with Crippen LogP contribution < -0.4 is 11.1 Å². The third-order valence-electron chi connectivity index (χ3n) is 10.0. The Bertz CT molecular complexity index is 1060. The summed E-state index contributed by atoms with van der Waals surface area (Å²) in [7, 11) is 0. The average molecular weight is 783 g/mol. The largest absolute Gasteiger partial charge is 0.480 e. The van der Waals surface area contributed by atoms with Crippen molar-refractivity contribution >= 4 is 17.8 Å². The van der Waals surface area contributed by atoms with E-state index >= 15 is 0 Å². The molecule has 0 aliphatic rings. The molecule has 0 bridgehead atoms. The Hall–Kier alpha value is -2.93. The molecule has 0 heterocycles. The first-order chi connectivity index (χ1) is 27.4. The molecule has 2 unspecified atom stereocenters. The van der Waals surface area contributed by atoms with Gasteiger partial charge in [-0.25, -0.2) is 4.79 Å². The van der Waals surface area contributed by atoms with Crippen molar-refractivity contribution in [3.8, 4) is 0 Å². The maximum atomic E-state index is 12.8. The Labute approximate surface area is 344 Å². The van der Waals surface area contributed by atoms with E-state index in [1.807, 2.05) is 0 Å². The zero-order chi connectivity index (χ0) is 41.0. The van der Waals surface area contributed by atoms with Crippen molar-refractivity contribution in [3.05, 3.63) is 60.8 Å². The number of allylic oxidation sites excluding steroid dienone is 9. The Balaban J connectivity index is 4.35. The molecule has 0 aromatic carbocycles. The van der Waals surface area contributed by atoms with Gasteiger partial charge in [0.2, 0.25) is 5.91 Å². The molecule has 0 aromatic rings. The summed E-state index contributed by atoms with van der Waals surface area (Å²) in [6.45, 7) is 4.88. The summed E-state index contributed by atoms with van der Waals surface area (Å²) in [6.07, 6.45) is 54.2. The molecule has 0 aliphatic heterocycles. The summed E-state index contributed by atoms with van der Waals surface area (Å²) in [5, 5.41) is 11.9. The fourth-order valence-electron chi connectivity index (χ4n) is 6.52. The van der Waals surface area contributed by atoms with Crippen LogP contribution in [0.1, 0.15) is 213 Å². The number of hydrogen-bond acceptors (Lipinski definition) is 5. The summed E-state index contributed by atoms with van der Waals surface area (Å²) in [6, 6.07) is -0.868. The smallest absolute Gasteiger partial charge is 0.326 e. The van der Waals surface area contributed by atoms with Gasteiger partial charge < -0.3 is 20.9 Å². The number of amides is 1. The highest BCUT2D eigenvalue weighted by molar-refractivity contribution is 5.83. The van der Waals surface area contributed by atoms with Crippen molar-refractivity contribution in [3.63, 3.8) is 0 Å². The van der Waals surface area contributed by atoms with Crippen molar-refractivity contribution < 1.29 is 24.2 Å². The monoisotopic (exact) mass is 783 g/mol. The fraction of sp³-hybridized carbons (Fsp3) is 0.735. The number of nitrogens with two attached hydrogens (primary N) is 1. The lowest BCUT2D eigenvalue weighted by Crippen LogP contribution is -2.40. The highest BCUT2D eigenvalue weighted by Gasteiger charge is 2.18. The first kappa shape index (κ1) is 53.1. The fourth-order valence-corrected chi connectivity index (χ4v) is 6.52. The van der Waals surface area contributed by atoms with E-state index in [1.54, 1.807) is 0 Å². The van der Waals surface area contributed by atoms with Gasteiger partial charge in [-0.3, -0.25) is 9.59 Å². The predicted molar refractivity (Wildman–Crippen MR) is 239 cm³/mol. The van der Waals surface area contributed by atoms with Crippen LogP contribution in [0.5, 0.6) is 0 Å². The number of rotatable bonds is 41. The van der Waals surface area contributed by atoms with Crippen molar-refractivity contribution in [2.75, 3.05) is 6.54 Å². The van der Waals surface area contributed by atoms with E-state index in [0.717, 1.165) is 77.0 Å². The first-order valence-electron chi connectivity index (χ1n) is 23.1. The Morgan fingerprint density at radius 1 is 0.536 bits per heavy atom. The Morgan fingerprint density at radius 3 is 1.50 bits per heavy atom. The molecule has 0 aromatic heterocycles. The van der Waals surface area contributed by atoms with Crippen LogP contribution in [0.25, 0.3) is 0 Å². The minimum Gasteiger partial charge on any atom is -0.480 e. The van der Waals surface area contributed by atoms with Gasteiger partial charge in [-0.05, 0) is 109 Å². The summed E-state index contributed by atoms with van der Waals surface area (Å²) >= 11 is 0. The van der Waals surface area contributed by atoms with E-state index in [2.05, 4.69) is 79.9 Å². The van der Waals surface area contributed by atoms with Crippen molar-refractivity contribution in [1.82, 2.24) is 5.32 Å². The van der Waals surface area contributed by atoms with Gasteiger partial charge in [0.05, 0.1) is 0 Å².